The van der Waals surface area contributed by atoms with E-state index in [2.05, 4.69) is 10.3 Å². The van der Waals surface area contributed by atoms with Crippen molar-refractivity contribution in [3.05, 3.63) is 59.7 Å². The third-order valence-corrected chi connectivity index (χ3v) is 4.81. The molecule has 168 valence electrons. The Morgan fingerprint density at radius 3 is 2.59 bits per heavy atom. The van der Waals surface area contributed by atoms with Crippen molar-refractivity contribution < 1.29 is 27.8 Å². The lowest BCUT2D eigenvalue weighted by Crippen LogP contribution is -2.51. The second-order valence-corrected chi connectivity index (χ2v) is 8.61. The minimum atomic E-state index is -3.29. The van der Waals surface area contributed by atoms with E-state index in [1.54, 1.807) is 57.2 Å². The maximum Gasteiger partial charge on any atom is 0.409 e. The van der Waals surface area contributed by atoms with Gasteiger partial charge in [0.2, 0.25) is 6.17 Å². The third kappa shape index (κ3) is 4.42. The number of hydrogen-bond donors (Lipinski definition) is 1. The molecular weight excluding hydrogens is 420 g/mol. The van der Waals surface area contributed by atoms with Gasteiger partial charge in [0.15, 0.2) is 6.61 Å². The lowest BCUT2D eigenvalue weighted by Gasteiger charge is -2.27. The van der Waals surface area contributed by atoms with Crippen molar-refractivity contribution in [1.29, 1.82) is 0 Å². The SMILES string of the molecule is CC(C)(C)OC(=O)N[C@H]1N=C(c2ccccc2)c2cccc3c2N(CC(F)(F)CO3)C1=O. The molecule has 4 rings (SSSR count). The molecule has 1 atom stereocenters. The Morgan fingerprint density at radius 1 is 1.19 bits per heavy atom. The summed E-state index contributed by atoms with van der Waals surface area (Å²) in [5.74, 6) is -3.95. The summed E-state index contributed by atoms with van der Waals surface area (Å²) in [5.41, 5.74) is 0.860. The first-order chi connectivity index (χ1) is 15.0. The number of para-hydroxylation sites is 1. The van der Waals surface area contributed by atoms with Gasteiger partial charge in [0.1, 0.15) is 11.4 Å². The van der Waals surface area contributed by atoms with E-state index in [-0.39, 0.29) is 11.4 Å². The quantitative estimate of drug-likeness (QED) is 0.767. The maximum absolute atomic E-state index is 14.5. The number of carbonyl (C=O) groups is 2. The van der Waals surface area contributed by atoms with Crippen LogP contribution in [0.15, 0.2) is 53.5 Å². The van der Waals surface area contributed by atoms with Crippen LogP contribution in [-0.2, 0) is 9.53 Å². The number of nitrogens with zero attached hydrogens (tertiary/aromatic N) is 2. The highest BCUT2D eigenvalue weighted by atomic mass is 19.3. The number of nitrogens with one attached hydrogen (secondary N) is 1. The molecule has 0 aliphatic carbocycles. The molecule has 9 heteroatoms. The fourth-order valence-corrected chi connectivity index (χ4v) is 3.58. The van der Waals surface area contributed by atoms with Crippen molar-refractivity contribution in [2.24, 2.45) is 4.99 Å². The van der Waals surface area contributed by atoms with Gasteiger partial charge in [0, 0.05) is 11.1 Å². The number of ether oxygens (including phenoxy) is 2. The zero-order chi connectivity index (χ0) is 23.1. The van der Waals surface area contributed by atoms with Gasteiger partial charge >= 0.3 is 6.09 Å². The molecule has 32 heavy (non-hydrogen) atoms. The van der Waals surface area contributed by atoms with Crippen LogP contribution < -0.4 is 15.0 Å². The van der Waals surface area contributed by atoms with E-state index < -0.39 is 42.8 Å². The zero-order valence-corrected chi connectivity index (χ0v) is 17.9. The monoisotopic (exact) mass is 443 g/mol. The lowest BCUT2D eigenvalue weighted by atomic mass is 9.99. The molecule has 0 spiro atoms. The zero-order valence-electron chi connectivity index (χ0n) is 17.9. The molecule has 0 radical (unpaired) electrons. The van der Waals surface area contributed by atoms with Gasteiger partial charge in [-0.05, 0) is 26.8 Å². The minimum absolute atomic E-state index is 0.148. The van der Waals surface area contributed by atoms with Gasteiger partial charge in [0.25, 0.3) is 11.8 Å². The molecule has 1 N–H and O–H groups in total. The van der Waals surface area contributed by atoms with Crippen LogP contribution in [0.4, 0.5) is 19.3 Å². The van der Waals surface area contributed by atoms with Crippen molar-refractivity contribution in [1.82, 2.24) is 5.32 Å². The van der Waals surface area contributed by atoms with Crippen molar-refractivity contribution in [2.45, 2.75) is 38.5 Å². The standard InChI is InChI=1S/C23H23F2N3O4/c1-22(2,3)32-21(30)27-19-20(29)28-12-23(24,25)13-31-16-11-7-10-15(18(16)28)17(26-19)14-8-5-4-6-9-14/h4-11,19H,12-13H2,1-3H3,(H,27,30)/t19-/m1/s1. The molecule has 2 aromatic rings. The minimum Gasteiger partial charge on any atom is -0.485 e. The lowest BCUT2D eigenvalue weighted by molar-refractivity contribution is -0.121. The van der Waals surface area contributed by atoms with Crippen LogP contribution in [-0.4, -0.2) is 48.6 Å². The second kappa shape index (κ2) is 7.89. The summed E-state index contributed by atoms with van der Waals surface area (Å²) in [6.45, 7) is 3.26. The van der Waals surface area contributed by atoms with E-state index in [0.29, 0.717) is 16.8 Å². The number of halogens is 2. The molecule has 0 bridgehead atoms. The number of rotatable bonds is 2. The summed E-state index contributed by atoms with van der Waals surface area (Å²) >= 11 is 0. The molecule has 0 unspecified atom stereocenters. The van der Waals surface area contributed by atoms with Crippen LogP contribution >= 0.6 is 0 Å². The number of hydrogen-bond acceptors (Lipinski definition) is 5. The highest BCUT2D eigenvalue weighted by Crippen LogP contribution is 2.40. The van der Waals surface area contributed by atoms with E-state index >= 15 is 0 Å². The molecule has 0 saturated heterocycles. The fraction of sp³-hybridized carbons (Fsp3) is 0.348. The predicted octanol–water partition coefficient (Wildman–Crippen LogP) is 3.75. The Balaban J connectivity index is 1.86. The number of anilines is 1. The van der Waals surface area contributed by atoms with Crippen LogP contribution in [0.2, 0.25) is 0 Å². The number of alkyl carbamates (subject to hydrolysis) is 1. The molecule has 2 aliphatic heterocycles. The summed E-state index contributed by atoms with van der Waals surface area (Å²) in [5, 5.41) is 2.43. The number of benzene rings is 2. The van der Waals surface area contributed by atoms with Gasteiger partial charge in [-0.25, -0.2) is 18.6 Å². The van der Waals surface area contributed by atoms with E-state index in [0.717, 1.165) is 4.90 Å². The Bertz CT molecular complexity index is 1080. The Labute approximate surface area is 184 Å². The molecule has 0 saturated carbocycles. The predicted molar refractivity (Wildman–Crippen MR) is 114 cm³/mol. The Morgan fingerprint density at radius 2 is 1.91 bits per heavy atom. The average Bonchev–Trinajstić information content (AvgIpc) is 2.92. The van der Waals surface area contributed by atoms with Gasteiger partial charge in [-0.2, -0.15) is 0 Å². The summed E-state index contributed by atoms with van der Waals surface area (Å²) < 4.78 is 39.6. The van der Waals surface area contributed by atoms with Crippen LogP contribution in [0.5, 0.6) is 5.75 Å². The van der Waals surface area contributed by atoms with E-state index in [1.807, 2.05) is 6.07 Å². The van der Waals surface area contributed by atoms with Crippen LogP contribution in [0.3, 0.4) is 0 Å². The number of carbonyl (C=O) groups excluding carboxylic acids is 2. The first kappa shape index (κ1) is 21.7. The highest BCUT2D eigenvalue weighted by molar-refractivity contribution is 6.21. The van der Waals surface area contributed by atoms with Gasteiger partial charge in [-0.1, -0.05) is 42.5 Å². The van der Waals surface area contributed by atoms with Crippen LogP contribution in [0.1, 0.15) is 31.9 Å². The van der Waals surface area contributed by atoms with E-state index in [1.165, 1.54) is 6.07 Å². The smallest absolute Gasteiger partial charge is 0.409 e. The van der Waals surface area contributed by atoms with E-state index in [9.17, 15) is 18.4 Å². The van der Waals surface area contributed by atoms with Gasteiger partial charge in [0.05, 0.1) is 17.9 Å². The van der Waals surface area contributed by atoms with Gasteiger partial charge in [-0.3, -0.25) is 15.0 Å². The van der Waals surface area contributed by atoms with Crippen molar-refractivity contribution >= 4 is 23.4 Å². The average molecular weight is 443 g/mol. The first-order valence-corrected chi connectivity index (χ1v) is 10.1. The number of aliphatic imine (C=N–C) groups is 1. The second-order valence-electron chi connectivity index (χ2n) is 8.61. The summed E-state index contributed by atoms with van der Waals surface area (Å²) in [6, 6.07) is 13.9. The fourth-order valence-electron chi connectivity index (χ4n) is 3.58. The normalized spacial score (nSPS) is 19.7. The molecular formula is C23H23F2N3O4. The summed E-state index contributed by atoms with van der Waals surface area (Å²) in [6.07, 6.45) is -2.34. The Hall–Kier alpha value is -3.49. The molecule has 2 aromatic carbocycles. The molecule has 2 amide bonds. The van der Waals surface area contributed by atoms with Crippen molar-refractivity contribution in [3.63, 3.8) is 0 Å². The largest absolute Gasteiger partial charge is 0.485 e. The third-order valence-electron chi connectivity index (χ3n) is 4.81. The maximum atomic E-state index is 14.5. The number of alkyl halides is 2. The van der Waals surface area contributed by atoms with Crippen LogP contribution in [0.25, 0.3) is 0 Å². The summed E-state index contributed by atoms with van der Waals surface area (Å²) in [7, 11) is 0. The van der Waals surface area contributed by atoms with Crippen molar-refractivity contribution in [3.8, 4) is 5.75 Å². The van der Waals surface area contributed by atoms with Gasteiger partial charge < -0.3 is 9.47 Å². The molecule has 0 fully saturated rings. The topological polar surface area (TPSA) is 80.2 Å². The molecule has 7 nitrogen and oxygen atoms in total. The highest BCUT2D eigenvalue weighted by Gasteiger charge is 2.44. The molecule has 0 aromatic heterocycles. The van der Waals surface area contributed by atoms with E-state index in [4.69, 9.17) is 9.47 Å². The Kier molecular flexibility index (Phi) is 5.36. The van der Waals surface area contributed by atoms with Gasteiger partial charge in [-0.15, -0.1) is 0 Å². The molecule has 2 heterocycles. The van der Waals surface area contributed by atoms with Crippen LogP contribution in [0, 0.1) is 0 Å². The van der Waals surface area contributed by atoms with Crippen molar-refractivity contribution in [2.75, 3.05) is 18.1 Å². The first-order valence-electron chi connectivity index (χ1n) is 10.1. The summed E-state index contributed by atoms with van der Waals surface area (Å²) in [4.78, 5) is 31.3. The number of amides is 2. The molecule has 2 aliphatic rings.